The highest BCUT2D eigenvalue weighted by molar-refractivity contribution is 7.83. The van der Waals surface area contributed by atoms with Crippen molar-refractivity contribution in [3.8, 4) is 0 Å². The third kappa shape index (κ3) is 5.92. The first-order valence-corrected chi connectivity index (χ1v) is 11.2. The first kappa shape index (κ1) is 21.1. The van der Waals surface area contributed by atoms with Crippen LogP contribution in [0.2, 0.25) is 0 Å². The number of nitrogens with one attached hydrogen (secondary N) is 1. The van der Waals surface area contributed by atoms with E-state index in [1.807, 2.05) is 20.9 Å². The number of nitrogens with zero attached hydrogens (tertiary/aromatic N) is 1. The number of carbonyl (C=O) groups is 1. The van der Waals surface area contributed by atoms with Gasteiger partial charge in [0.05, 0.1) is 11.0 Å². The van der Waals surface area contributed by atoms with Gasteiger partial charge in [0.15, 0.2) is 0 Å². The van der Waals surface area contributed by atoms with E-state index < -0.39 is 11.0 Å². The predicted octanol–water partition coefficient (Wildman–Crippen LogP) is 4.21. The van der Waals surface area contributed by atoms with Crippen molar-refractivity contribution in [3.05, 3.63) is 29.8 Å². The molecule has 1 aliphatic carbocycles. The summed E-state index contributed by atoms with van der Waals surface area (Å²) in [6.07, 6.45) is 7.06. The second kappa shape index (κ2) is 10.2. The molecular weight excluding hydrogens is 344 g/mol. The third-order valence-electron chi connectivity index (χ3n) is 5.26. The predicted molar refractivity (Wildman–Crippen MR) is 111 cm³/mol. The van der Waals surface area contributed by atoms with Crippen molar-refractivity contribution in [2.24, 2.45) is 5.92 Å². The molecule has 1 aromatic rings. The molecule has 1 aromatic carbocycles. The summed E-state index contributed by atoms with van der Waals surface area (Å²) in [5.41, 5.74) is 2.30. The van der Waals surface area contributed by atoms with Crippen LogP contribution in [0.4, 0.5) is 5.69 Å². The Morgan fingerprint density at radius 2 is 1.81 bits per heavy atom. The molecule has 0 aliphatic heterocycles. The van der Waals surface area contributed by atoms with Gasteiger partial charge >= 0.3 is 0 Å². The monoisotopic (exact) mass is 378 g/mol. The molecule has 0 saturated heterocycles. The Bertz CT molecular complexity index is 593. The van der Waals surface area contributed by atoms with E-state index in [1.165, 1.54) is 18.4 Å². The highest BCUT2D eigenvalue weighted by atomic mass is 32.2. The maximum absolute atomic E-state index is 12.8. The number of unbranched alkanes of at least 4 members (excludes halogenated alkanes) is 1. The largest absolute Gasteiger partial charge is 0.315 e. The van der Waals surface area contributed by atoms with E-state index >= 15 is 0 Å². The van der Waals surface area contributed by atoms with Crippen LogP contribution in [0, 0.1) is 5.92 Å². The van der Waals surface area contributed by atoms with E-state index in [0.29, 0.717) is 0 Å². The number of anilines is 1. The van der Waals surface area contributed by atoms with Gasteiger partial charge in [-0.3, -0.25) is 4.79 Å². The van der Waals surface area contributed by atoms with Crippen LogP contribution < -0.4 is 9.62 Å². The molecule has 1 N–H and O–H groups in total. The number of benzene rings is 1. The van der Waals surface area contributed by atoms with Crippen LogP contribution >= 0.6 is 0 Å². The maximum atomic E-state index is 12.8. The summed E-state index contributed by atoms with van der Waals surface area (Å²) in [7, 11) is 0.896. The highest BCUT2D eigenvalue weighted by Gasteiger charge is 2.29. The van der Waals surface area contributed by atoms with Crippen LogP contribution in [0.5, 0.6) is 0 Å². The second-order valence-electron chi connectivity index (χ2n) is 7.68. The van der Waals surface area contributed by atoms with Crippen LogP contribution in [-0.2, 0) is 22.2 Å². The smallest absolute Gasteiger partial charge is 0.229 e. The molecule has 26 heavy (non-hydrogen) atoms. The summed E-state index contributed by atoms with van der Waals surface area (Å²) < 4.78 is 15.1. The van der Waals surface area contributed by atoms with Crippen molar-refractivity contribution in [1.29, 1.82) is 0 Å². The van der Waals surface area contributed by atoms with Crippen molar-refractivity contribution in [2.45, 2.75) is 77.0 Å². The van der Waals surface area contributed by atoms with E-state index in [4.69, 9.17) is 0 Å². The first-order valence-electron chi connectivity index (χ1n) is 9.95. The van der Waals surface area contributed by atoms with Gasteiger partial charge in [-0.2, -0.15) is 0 Å². The van der Waals surface area contributed by atoms with Gasteiger partial charge in [0.25, 0.3) is 0 Å². The Labute approximate surface area is 161 Å². The van der Waals surface area contributed by atoms with Gasteiger partial charge in [-0.1, -0.05) is 25.5 Å². The highest BCUT2D eigenvalue weighted by Crippen LogP contribution is 2.28. The number of hydrogen-bond acceptors (Lipinski definition) is 2. The van der Waals surface area contributed by atoms with Crippen molar-refractivity contribution >= 4 is 22.6 Å². The topological polar surface area (TPSA) is 49.4 Å². The number of rotatable bonds is 8. The SMILES string of the molecule is CCCCc1ccc(N(C)C(=O)C2CCC(NS(=O)C(C)C)CC2)cc1. The fraction of sp³-hybridized carbons (Fsp3) is 0.667. The van der Waals surface area contributed by atoms with E-state index in [2.05, 4.69) is 35.9 Å². The first-order chi connectivity index (χ1) is 12.4. The lowest BCUT2D eigenvalue weighted by atomic mass is 9.85. The molecule has 1 amide bonds. The third-order valence-corrected chi connectivity index (χ3v) is 6.68. The van der Waals surface area contributed by atoms with E-state index in [0.717, 1.165) is 37.8 Å². The normalized spacial score (nSPS) is 21.6. The molecule has 1 aliphatic rings. The molecule has 4 nitrogen and oxygen atoms in total. The molecule has 1 unspecified atom stereocenters. The van der Waals surface area contributed by atoms with Gasteiger partial charge < -0.3 is 4.90 Å². The summed E-state index contributed by atoms with van der Waals surface area (Å²) in [6.45, 7) is 6.12. The zero-order chi connectivity index (χ0) is 19.1. The molecule has 0 spiro atoms. The van der Waals surface area contributed by atoms with Gasteiger partial charge in [-0.05, 0) is 70.1 Å². The number of aryl methyl sites for hydroxylation is 1. The fourth-order valence-corrected chi connectivity index (χ4v) is 4.26. The van der Waals surface area contributed by atoms with Crippen LogP contribution in [0.25, 0.3) is 0 Å². The summed E-state index contributed by atoms with van der Waals surface area (Å²) in [4.78, 5) is 14.6. The van der Waals surface area contributed by atoms with E-state index in [-0.39, 0.29) is 23.1 Å². The van der Waals surface area contributed by atoms with Crippen LogP contribution in [0.1, 0.15) is 64.9 Å². The molecule has 1 saturated carbocycles. The molecule has 5 heteroatoms. The standard InChI is InChI=1S/C21H34N2O2S/c1-5-6-7-17-8-14-20(15-9-17)23(4)21(24)18-10-12-19(13-11-18)22-26(25)16(2)3/h8-9,14-16,18-19,22H,5-7,10-13H2,1-4H3. The van der Waals surface area contributed by atoms with Gasteiger partial charge in [0, 0.05) is 29.9 Å². The summed E-state index contributed by atoms with van der Waals surface area (Å²) in [5.74, 6) is 0.278. The van der Waals surface area contributed by atoms with Gasteiger partial charge in [-0.15, -0.1) is 0 Å². The lowest BCUT2D eigenvalue weighted by Gasteiger charge is -2.31. The molecule has 146 valence electrons. The minimum atomic E-state index is -0.980. The Morgan fingerprint density at radius 1 is 1.19 bits per heavy atom. The molecular formula is C21H34N2O2S. The zero-order valence-electron chi connectivity index (χ0n) is 16.7. The molecule has 1 atom stereocenters. The number of carbonyl (C=O) groups excluding carboxylic acids is 1. The zero-order valence-corrected chi connectivity index (χ0v) is 17.5. The van der Waals surface area contributed by atoms with Gasteiger partial charge in [0.1, 0.15) is 0 Å². The second-order valence-corrected chi connectivity index (χ2v) is 9.45. The quantitative estimate of drug-likeness (QED) is 0.736. The lowest BCUT2D eigenvalue weighted by Crippen LogP contribution is -2.41. The van der Waals surface area contributed by atoms with Gasteiger partial charge in [0.2, 0.25) is 5.91 Å². The van der Waals surface area contributed by atoms with Crippen molar-refractivity contribution in [3.63, 3.8) is 0 Å². The Kier molecular flexibility index (Phi) is 8.29. The van der Waals surface area contributed by atoms with Crippen LogP contribution in [0.15, 0.2) is 24.3 Å². The summed E-state index contributed by atoms with van der Waals surface area (Å²) in [6, 6.07) is 8.66. The summed E-state index contributed by atoms with van der Waals surface area (Å²) >= 11 is 0. The molecule has 0 bridgehead atoms. The Morgan fingerprint density at radius 3 is 2.35 bits per heavy atom. The van der Waals surface area contributed by atoms with Crippen molar-refractivity contribution < 1.29 is 9.00 Å². The average molecular weight is 379 g/mol. The lowest BCUT2D eigenvalue weighted by molar-refractivity contribution is -0.123. The van der Waals surface area contributed by atoms with E-state index in [1.54, 1.807) is 4.90 Å². The molecule has 0 radical (unpaired) electrons. The Balaban J connectivity index is 1.86. The minimum Gasteiger partial charge on any atom is -0.315 e. The van der Waals surface area contributed by atoms with Crippen LogP contribution in [-0.4, -0.2) is 28.5 Å². The number of amides is 1. The minimum absolute atomic E-state index is 0.0744. The number of hydrogen-bond donors (Lipinski definition) is 1. The molecule has 2 rings (SSSR count). The molecule has 1 fully saturated rings. The van der Waals surface area contributed by atoms with Gasteiger partial charge in [-0.25, -0.2) is 8.93 Å². The fourth-order valence-electron chi connectivity index (χ4n) is 3.43. The van der Waals surface area contributed by atoms with Crippen molar-refractivity contribution in [2.75, 3.05) is 11.9 Å². The molecule has 0 aromatic heterocycles. The molecule has 0 heterocycles. The van der Waals surface area contributed by atoms with Crippen LogP contribution in [0.3, 0.4) is 0 Å². The summed E-state index contributed by atoms with van der Waals surface area (Å²) in [5, 5.41) is 0.126. The maximum Gasteiger partial charge on any atom is 0.229 e. The van der Waals surface area contributed by atoms with E-state index in [9.17, 15) is 9.00 Å². The Hall–Kier alpha value is -1.20. The average Bonchev–Trinajstić information content (AvgIpc) is 2.66. The van der Waals surface area contributed by atoms with Crippen molar-refractivity contribution in [1.82, 2.24) is 4.72 Å².